The highest BCUT2D eigenvalue weighted by Gasteiger charge is 2.17. The quantitative estimate of drug-likeness (QED) is 0.626. The number of carbonyl (C=O) groups is 1. The lowest BCUT2D eigenvalue weighted by atomic mass is 10.1. The maximum Gasteiger partial charge on any atom is 0.331 e. The van der Waals surface area contributed by atoms with Crippen LogP contribution in [0, 0.1) is 11.3 Å². The number of nitriles is 1. The fraction of sp³-hybridized carbons (Fsp3) is 0.111. The van der Waals surface area contributed by atoms with Crippen LogP contribution in [0.5, 0.6) is 11.5 Å². The van der Waals surface area contributed by atoms with Crippen molar-refractivity contribution in [1.82, 2.24) is 0 Å². The first kappa shape index (κ1) is 15.9. The monoisotopic (exact) mass is 341 g/mol. The van der Waals surface area contributed by atoms with E-state index in [0.29, 0.717) is 27.6 Å². The zero-order valence-corrected chi connectivity index (χ0v) is 13.2. The Labute approximate surface area is 143 Å². The summed E-state index contributed by atoms with van der Waals surface area (Å²) in [7, 11) is 0. The summed E-state index contributed by atoms with van der Waals surface area (Å²) in [6.45, 7) is 0.269. The van der Waals surface area contributed by atoms with Crippen LogP contribution >= 0.6 is 11.6 Å². The van der Waals surface area contributed by atoms with Gasteiger partial charge in [-0.2, -0.15) is 5.26 Å². The summed E-state index contributed by atoms with van der Waals surface area (Å²) in [5.41, 5.74) is 2.08. The van der Waals surface area contributed by atoms with Gasteiger partial charge in [0.2, 0.25) is 6.79 Å². The predicted octanol–water partition coefficient (Wildman–Crippen LogP) is 3.70. The highest BCUT2D eigenvalue weighted by Crippen LogP contribution is 2.40. The summed E-state index contributed by atoms with van der Waals surface area (Å²) in [6, 6.07) is 12.3. The van der Waals surface area contributed by atoms with Crippen LogP contribution < -0.4 is 9.47 Å². The van der Waals surface area contributed by atoms with E-state index < -0.39 is 5.97 Å². The Bertz CT molecular complexity index is 837. The lowest BCUT2D eigenvalue weighted by Gasteiger charge is -2.03. The zero-order chi connectivity index (χ0) is 16.9. The van der Waals surface area contributed by atoms with Gasteiger partial charge in [-0.3, -0.25) is 0 Å². The molecule has 0 aromatic heterocycles. The Balaban J connectivity index is 1.59. The van der Waals surface area contributed by atoms with Crippen molar-refractivity contribution in [3.63, 3.8) is 0 Å². The summed E-state index contributed by atoms with van der Waals surface area (Å²) in [5, 5.41) is 9.16. The normalized spacial score (nSPS) is 12.2. The standard InChI is InChI=1S/C18H12ClNO4/c19-15-7-14(8-16-18(15)24-11-23-16)5-6-17(21)22-10-13-3-1-12(9-20)2-4-13/h1-8H,10-11H2/b6-5+. The van der Waals surface area contributed by atoms with Gasteiger partial charge in [0.05, 0.1) is 16.7 Å². The summed E-state index contributed by atoms with van der Waals surface area (Å²) >= 11 is 6.08. The number of nitrogens with zero attached hydrogens (tertiary/aromatic N) is 1. The number of esters is 1. The number of hydrogen-bond acceptors (Lipinski definition) is 5. The first-order valence-electron chi connectivity index (χ1n) is 7.09. The van der Waals surface area contributed by atoms with E-state index in [1.807, 2.05) is 6.07 Å². The molecular formula is C18H12ClNO4. The molecule has 0 saturated carbocycles. The van der Waals surface area contributed by atoms with Crippen LogP contribution in [0.4, 0.5) is 0 Å². The van der Waals surface area contributed by atoms with Crippen LogP contribution in [0.15, 0.2) is 42.5 Å². The van der Waals surface area contributed by atoms with Gasteiger partial charge in [0.15, 0.2) is 11.5 Å². The van der Waals surface area contributed by atoms with Crippen LogP contribution in [0.2, 0.25) is 5.02 Å². The highest BCUT2D eigenvalue weighted by molar-refractivity contribution is 6.32. The minimum absolute atomic E-state index is 0.134. The third-order valence-corrected chi connectivity index (χ3v) is 3.61. The van der Waals surface area contributed by atoms with Crippen molar-refractivity contribution < 1.29 is 19.0 Å². The topological polar surface area (TPSA) is 68.5 Å². The number of ether oxygens (including phenoxy) is 3. The van der Waals surface area contributed by atoms with Crippen molar-refractivity contribution in [3.05, 3.63) is 64.2 Å². The van der Waals surface area contributed by atoms with Crippen LogP contribution in [0.3, 0.4) is 0 Å². The second kappa shape index (κ2) is 7.07. The van der Waals surface area contributed by atoms with Crippen molar-refractivity contribution in [2.45, 2.75) is 6.61 Å². The van der Waals surface area contributed by atoms with Gasteiger partial charge in [0.1, 0.15) is 6.61 Å². The van der Waals surface area contributed by atoms with Gasteiger partial charge in [-0.15, -0.1) is 0 Å². The molecule has 120 valence electrons. The van der Waals surface area contributed by atoms with Crippen LogP contribution in [0.25, 0.3) is 6.08 Å². The Morgan fingerprint density at radius 2 is 2.08 bits per heavy atom. The molecule has 0 bridgehead atoms. The number of benzene rings is 2. The maximum absolute atomic E-state index is 11.8. The summed E-state index contributed by atoms with van der Waals surface area (Å²) < 4.78 is 15.6. The third-order valence-electron chi connectivity index (χ3n) is 3.33. The molecule has 0 radical (unpaired) electrons. The van der Waals surface area contributed by atoms with Gasteiger partial charge in [-0.05, 0) is 41.5 Å². The van der Waals surface area contributed by atoms with Crippen molar-refractivity contribution >= 4 is 23.6 Å². The molecule has 3 rings (SSSR count). The molecule has 0 aliphatic carbocycles. The minimum Gasteiger partial charge on any atom is -0.458 e. The summed E-state index contributed by atoms with van der Waals surface area (Å²) in [5.74, 6) is 0.582. The van der Waals surface area contributed by atoms with Crippen molar-refractivity contribution in [2.24, 2.45) is 0 Å². The Morgan fingerprint density at radius 3 is 2.83 bits per heavy atom. The van der Waals surface area contributed by atoms with Crippen molar-refractivity contribution in [2.75, 3.05) is 6.79 Å². The molecule has 0 saturated heterocycles. The fourth-order valence-electron chi connectivity index (χ4n) is 2.13. The fourth-order valence-corrected chi connectivity index (χ4v) is 2.40. The average Bonchev–Trinajstić information content (AvgIpc) is 3.08. The summed E-state index contributed by atoms with van der Waals surface area (Å²) in [4.78, 5) is 11.8. The van der Waals surface area contributed by atoms with Crippen molar-refractivity contribution in [3.8, 4) is 17.6 Å². The third kappa shape index (κ3) is 3.67. The molecule has 1 aliphatic rings. The molecule has 0 spiro atoms. The second-order valence-corrected chi connectivity index (χ2v) is 5.39. The molecule has 2 aromatic carbocycles. The highest BCUT2D eigenvalue weighted by atomic mass is 35.5. The molecule has 2 aromatic rings. The van der Waals surface area contributed by atoms with Gasteiger partial charge in [0.25, 0.3) is 0 Å². The van der Waals surface area contributed by atoms with E-state index in [2.05, 4.69) is 0 Å². The minimum atomic E-state index is -0.479. The molecule has 24 heavy (non-hydrogen) atoms. The molecule has 0 amide bonds. The van der Waals surface area contributed by atoms with Gasteiger partial charge in [0, 0.05) is 6.08 Å². The number of rotatable bonds is 4. The van der Waals surface area contributed by atoms with Crippen molar-refractivity contribution in [1.29, 1.82) is 5.26 Å². The van der Waals surface area contributed by atoms with Crippen LogP contribution in [-0.4, -0.2) is 12.8 Å². The first-order chi connectivity index (χ1) is 11.7. The summed E-state index contributed by atoms with van der Waals surface area (Å²) in [6.07, 6.45) is 2.91. The van der Waals surface area contributed by atoms with E-state index in [4.69, 9.17) is 31.1 Å². The lowest BCUT2D eigenvalue weighted by Crippen LogP contribution is -2.00. The molecule has 0 fully saturated rings. The molecule has 6 heteroatoms. The number of carbonyl (C=O) groups excluding carboxylic acids is 1. The Kier molecular flexibility index (Phi) is 4.69. The number of hydrogen-bond donors (Lipinski definition) is 0. The predicted molar refractivity (Wildman–Crippen MR) is 87.6 cm³/mol. The van der Waals surface area contributed by atoms with E-state index in [9.17, 15) is 4.79 Å². The van der Waals surface area contributed by atoms with Gasteiger partial charge >= 0.3 is 5.97 Å². The largest absolute Gasteiger partial charge is 0.458 e. The molecule has 1 aliphatic heterocycles. The SMILES string of the molecule is N#Cc1ccc(COC(=O)/C=C/c2cc(Cl)c3c(c2)OCO3)cc1. The Hall–Kier alpha value is -2.97. The average molecular weight is 342 g/mol. The molecule has 0 unspecified atom stereocenters. The second-order valence-electron chi connectivity index (χ2n) is 4.99. The van der Waals surface area contributed by atoms with E-state index in [1.54, 1.807) is 42.5 Å². The lowest BCUT2D eigenvalue weighted by molar-refractivity contribution is -0.138. The number of fused-ring (bicyclic) bond motifs is 1. The Morgan fingerprint density at radius 1 is 1.29 bits per heavy atom. The van der Waals surface area contributed by atoms with Gasteiger partial charge in [-0.25, -0.2) is 4.79 Å². The van der Waals surface area contributed by atoms with Crippen LogP contribution in [0.1, 0.15) is 16.7 Å². The van der Waals surface area contributed by atoms with Crippen LogP contribution in [-0.2, 0) is 16.1 Å². The van der Waals surface area contributed by atoms with E-state index >= 15 is 0 Å². The van der Waals surface area contributed by atoms with E-state index in [0.717, 1.165) is 5.56 Å². The first-order valence-corrected chi connectivity index (χ1v) is 7.46. The van der Waals surface area contributed by atoms with Gasteiger partial charge < -0.3 is 14.2 Å². The molecular weight excluding hydrogens is 330 g/mol. The van der Waals surface area contributed by atoms with E-state index in [1.165, 1.54) is 6.08 Å². The van der Waals surface area contributed by atoms with Gasteiger partial charge in [-0.1, -0.05) is 23.7 Å². The number of halogens is 1. The molecule has 1 heterocycles. The molecule has 5 nitrogen and oxygen atoms in total. The van der Waals surface area contributed by atoms with E-state index in [-0.39, 0.29) is 13.4 Å². The molecule has 0 N–H and O–H groups in total. The smallest absolute Gasteiger partial charge is 0.331 e. The maximum atomic E-state index is 11.8. The molecule has 0 atom stereocenters. The zero-order valence-electron chi connectivity index (χ0n) is 12.5.